The number of benzene rings is 3. The molecular weight excluding hydrogens is 342 g/mol. The van der Waals surface area contributed by atoms with Gasteiger partial charge in [0.05, 0.1) is 17.2 Å². The number of halogens is 3. The fourth-order valence-corrected chi connectivity index (χ4v) is 2.89. The lowest BCUT2D eigenvalue weighted by Crippen LogP contribution is -1.95. The molecule has 0 fully saturated rings. The summed E-state index contributed by atoms with van der Waals surface area (Å²) in [6.45, 7) is 0. The zero-order valence-electron chi connectivity index (χ0n) is 12.7. The maximum atomic E-state index is 14.3. The summed E-state index contributed by atoms with van der Waals surface area (Å²) in [4.78, 5) is 0. The molecule has 0 aliphatic heterocycles. The Balaban J connectivity index is 2.38. The summed E-state index contributed by atoms with van der Waals surface area (Å²) < 4.78 is 27.9. The molecule has 120 valence electrons. The molecule has 0 spiro atoms. The van der Waals surface area contributed by atoms with Crippen LogP contribution >= 0.6 is 11.6 Å². The van der Waals surface area contributed by atoms with Gasteiger partial charge in [-0.05, 0) is 36.4 Å². The van der Waals surface area contributed by atoms with E-state index < -0.39 is 11.6 Å². The molecule has 0 atom stereocenters. The van der Waals surface area contributed by atoms with E-state index in [1.165, 1.54) is 18.2 Å². The highest BCUT2D eigenvalue weighted by Crippen LogP contribution is 2.37. The normalized spacial score (nSPS) is 10.1. The average Bonchev–Trinajstić information content (AvgIpc) is 2.63. The minimum absolute atomic E-state index is 0.122. The summed E-state index contributed by atoms with van der Waals surface area (Å²) in [7, 11) is 0. The second kappa shape index (κ2) is 6.73. The van der Waals surface area contributed by atoms with Gasteiger partial charge in [-0.2, -0.15) is 10.5 Å². The number of hydrogen-bond acceptors (Lipinski definition) is 2. The van der Waals surface area contributed by atoms with Crippen molar-refractivity contribution in [2.45, 2.75) is 0 Å². The maximum Gasteiger partial charge on any atom is 0.124 e. The lowest BCUT2D eigenvalue weighted by Gasteiger charge is -2.13. The topological polar surface area (TPSA) is 47.6 Å². The standard InChI is InChI=1S/C20H9ClF2N2/c21-20-6-5-13(22)7-18(20)17-9-14(23)8-16(19(17)11-25)15-4-2-1-3-12(15)10-24/h1-9H. The van der Waals surface area contributed by atoms with Crippen molar-refractivity contribution in [1.29, 1.82) is 10.5 Å². The van der Waals surface area contributed by atoms with Crippen LogP contribution in [-0.4, -0.2) is 0 Å². The number of hydrogen-bond donors (Lipinski definition) is 0. The molecule has 3 aromatic rings. The van der Waals surface area contributed by atoms with Crippen molar-refractivity contribution in [2.75, 3.05) is 0 Å². The van der Waals surface area contributed by atoms with E-state index >= 15 is 0 Å². The fourth-order valence-electron chi connectivity index (χ4n) is 2.67. The molecule has 3 aromatic carbocycles. The van der Waals surface area contributed by atoms with Gasteiger partial charge in [0.2, 0.25) is 0 Å². The summed E-state index contributed by atoms with van der Waals surface area (Å²) in [5, 5.41) is 19.1. The Morgan fingerprint density at radius 3 is 2.04 bits per heavy atom. The van der Waals surface area contributed by atoms with Crippen molar-refractivity contribution >= 4 is 11.6 Å². The van der Waals surface area contributed by atoms with E-state index in [0.29, 0.717) is 11.1 Å². The first-order valence-corrected chi connectivity index (χ1v) is 7.61. The predicted octanol–water partition coefficient (Wildman–Crippen LogP) is 5.70. The van der Waals surface area contributed by atoms with Crippen LogP contribution in [0, 0.1) is 34.3 Å². The van der Waals surface area contributed by atoms with Gasteiger partial charge in [0.25, 0.3) is 0 Å². The van der Waals surface area contributed by atoms with Crippen molar-refractivity contribution < 1.29 is 8.78 Å². The second-order valence-electron chi connectivity index (χ2n) is 5.27. The Morgan fingerprint density at radius 1 is 0.720 bits per heavy atom. The third kappa shape index (κ3) is 3.08. The molecule has 5 heteroatoms. The van der Waals surface area contributed by atoms with E-state index in [1.54, 1.807) is 24.3 Å². The molecule has 0 N–H and O–H groups in total. The molecule has 0 saturated carbocycles. The van der Waals surface area contributed by atoms with E-state index in [1.807, 2.05) is 12.1 Å². The molecule has 0 saturated heterocycles. The molecule has 0 radical (unpaired) electrons. The monoisotopic (exact) mass is 350 g/mol. The molecule has 0 heterocycles. The minimum atomic E-state index is -0.614. The van der Waals surface area contributed by atoms with E-state index in [9.17, 15) is 19.3 Å². The summed E-state index contributed by atoms with van der Waals surface area (Å²) >= 11 is 6.12. The van der Waals surface area contributed by atoms with E-state index in [-0.39, 0.29) is 27.3 Å². The van der Waals surface area contributed by atoms with Crippen LogP contribution in [0.15, 0.2) is 54.6 Å². The minimum Gasteiger partial charge on any atom is -0.207 e. The van der Waals surface area contributed by atoms with Gasteiger partial charge in [-0.3, -0.25) is 0 Å². The van der Waals surface area contributed by atoms with E-state index in [2.05, 4.69) is 0 Å². The summed E-state index contributed by atoms with van der Waals surface area (Å²) in [5.41, 5.74) is 1.51. The first-order valence-electron chi connectivity index (χ1n) is 7.23. The van der Waals surface area contributed by atoms with Gasteiger partial charge in [0, 0.05) is 27.3 Å². The van der Waals surface area contributed by atoms with Crippen LogP contribution < -0.4 is 0 Å². The molecule has 25 heavy (non-hydrogen) atoms. The summed E-state index contributed by atoms with van der Waals surface area (Å²) in [6.07, 6.45) is 0. The van der Waals surface area contributed by atoms with Gasteiger partial charge in [-0.1, -0.05) is 29.8 Å². The Bertz CT molecular complexity index is 1060. The van der Waals surface area contributed by atoms with Gasteiger partial charge < -0.3 is 0 Å². The molecule has 0 bridgehead atoms. The van der Waals surface area contributed by atoms with Gasteiger partial charge in [-0.25, -0.2) is 8.78 Å². The summed E-state index contributed by atoms with van der Waals surface area (Å²) in [5.74, 6) is -1.16. The zero-order valence-corrected chi connectivity index (χ0v) is 13.5. The van der Waals surface area contributed by atoms with E-state index in [0.717, 1.165) is 12.1 Å². The molecule has 0 aromatic heterocycles. The molecule has 0 amide bonds. The van der Waals surface area contributed by atoms with Gasteiger partial charge in [0.15, 0.2) is 0 Å². The highest BCUT2D eigenvalue weighted by atomic mass is 35.5. The Kier molecular flexibility index (Phi) is 4.48. The Labute approximate surface area is 148 Å². The highest BCUT2D eigenvalue weighted by Gasteiger charge is 2.18. The van der Waals surface area contributed by atoms with Crippen molar-refractivity contribution in [3.8, 4) is 34.4 Å². The third-order valence-electron chi connectivity index (χ3n) is 3.77. The molecular formula is C20H9ClF2N2. The van der Waals surface area contributed by atoms with Crippen LogP contribution in [0.2, 0.25) is 5.02 Å². The van der Waals surface area contributed by atoms with E-state index in [4.69, 9.17) is 11.6 Å². The van der Waals surface area contributed by atoms with Crippen LogP contribution in [0.4, 0.5) is 8.78 Å². The predicted molar refractivity (Wildman–Crippen MR) is 91.7 cm³/mol. The van der Waals surface area contributed by atoms with Crippen LogP contribution in [0.3, 0.4) is 0 Å². The fraction of sp³-hybridized carbons (Fsp3) is 0. The largest absolute Gasteiger partial charge is 0.207 e. The quantitative estimate of drug-likeness (QED) is 0.595. The maximum absolute atomic E-state index is 14.3. The SMILES string of the molecule is N#Cc1ccccc1-c1cc(F)cc(-c2cc(F)ccc2Cl)c1C#N. The van der Waals surface area contributed by atoms with Crippen molar-refractivity contribution in [3.63, 3.8) is 0 Å². The first-order chi connectivity index (χ1) is 12.0. The zero-order chi connectivity index (χ0) is 18.0. The number of nitrogens with zero attached hydrogens (tertiary/aromatic N) is 2. The Hall–Kier alpha value is -3.21. The second-order valence-corrected chi connectivity index (χ2v) is 5.68. The van der Waals surface area contributed by atoms with Crippen LogP contribution in [0.25, 0.3) is 22.3 Å². The molecule has 0 aliphatic carbocycles. The van der Waals surface area contributed by atoms with Crippen molar-refractivity contribution in [2.24, 2.45) is 0 Å². The van der Waals surface area contributed by atoms with Gasteiger partial charge >= 0.3 is 0 Å². The third-order valence-corrected chi connectivity index (χ3v) is 4.10. The average molecular weight is 351 g/mol. The molecule has 0 aliphatic rings. The van der Waals surface area contributed by atoms with Gasteiger partial charge in [-0.15, -0.1) is 0 Å². The highest BCUT2D eigenvalue weighted by molar-refractivity contribution is 6.33. The van der Waals surface area contributed by atoms with Crippen molar-refractivity contribution in [1.82, 2.24) is 0 Å². The number of rotatable bonds is 2. The lowest BCUT2D eigenvalue weighted by atomic mass is 9.90. The lowest BCUT2D eigenvalue weighted by molar-refractivity contribution is 0.626. The first kappa shape index (κ1) is 16.6. The molecule has 2 nitrogen and oxygen atoms in total. The van der Waals surface area contributed by atoms with Crippen LogP contribution in [-0.2, 0) is 0 Å². The molecule has 0 unspecified atom stereocenters. The summed E-state index contributed by atoms with van der Waals surface area (Å²) in [6, 6.07) is 16.6. The number of nitriles is 2. The molecule has 3 rings (SSSR count). The van der Waals surface area contributed by atoms with Gasteiger partial charge in [0.1, 0.15) is 17.7 Å². The van der Waals surface area contributed by atoms with Crippen LogP contribution in [0.1, 0.15) is 11.1 Å². The van der Waals surface area contributed by atoms with Crippen molar-refractivity contribution in [3.05, 3.63) is 82.4 Å². The Morgan fingerprint density at radius 2 is 1.36 bits per heavy atom. The smallest absolute Gasteiger partial charge is 0.124 e. The van der Waals surface area contributed by atoms with Crippen LogP contribution in [0.5, 0.6) is 0 Å².